The van der Waals surface area contributed by atoms with E-state index in [2.05, 4.69) is 17.9 Å². The van der Waals surface area contributed by atoms with E-state index in [0.29, 0.717) is 12.2 Å². The van der Waals surface area contributed by atoms with E-state index in [-0.39, 0.29) is 18.0 Å². The molecule has 0 bridgehead atoms. The second-order valence-electron chi connectivity index (χ2n) is 4.40. The van der Waals surface area contributed by atoms with Gasteiger partial charge in [-0.25, -0.2) is 9.59 Å². The molecule has 1 saturated carbocycles. The van der Waals surface area contributed by atoms with Crippen molar-refractivity contribution in [2.24, 2.45) is 0 Å². The van der Waals surface area contributed by atoms with E-state index in [1.807, 2.05) is 0 Å². The maximum absolute atomic E-state index is 11.1. The molecule has 4 nitrogen and oxygen atoms in total. The van der Waals surface area contributed by atoms with Crippen LogP contribution in [0, 0.1) is 0 Å². The molecule has 0 N–H and O–H groups in total. The smallest absolute Gasteiger partial charge is 0.333 e. The fourth-order valence-electron chi connectivity index (χ4n) is 1.64. The van der Waals surface area contributed by atoms with Crippen molar-refractivity contribution < 1.29 is 19.1 Å². The maximum Gasteiger partial charge on any atom is 0.333 e. The summed E-state index contributed by atoms with van der Waals surface area (Å²) in [5.41, 5.74) is 0.501. The second-order valence-corrected chi connectivity index (χ2v) is 4.40. The molecule has 0 aromatic heterocycles. The molecule has 4 heteroatoms. The highest BCUT2D eigenvalue weighted by molar-refractivity contribution is 5.87. The number of carbonyl (C=O) groups excluding carboxylic acids is 2. The minimum atomic E-state index is -0.359. The van der Waals surface area contributed by atoms with Crippen LogP contribution in [0.5, 0.6) is 0 Å². The van der Waals surface area contributed by atoms with Crippen LogP contribution in [0.25, 0.3) is 0 Å². The molecular formula is C15H24O4. The highest BCUT2D eigenvalue weighted by Crippen LogP contribution is 2.20. The molecule has 0 heterocycles. The van der Waals surface area contributed by atoms with Crippen LogP contribution in [0.15, 0.2) is 24.8 Å². The van der Waals surface area contributed by atoms with Gasteiger partial charge in [-0.05, 0) is 39.5 Å². The lowest BCUT2D eigenvalue weighted by molar-refractivity contribution is -0.145. The number of carbonyl (C=O) groups is 2. The van der Waals surface area contributed by atoms with E-state index in [9.17, 15) is 9.59 Å². The Morgan fingerprint density at radius 2 is 1.84 bits per heavy atom. The zero-order valence-corrected chi connectivity index (χ0v) is 11.9. The van der Waals surface area contributed by atoms with Gasteiger partial charge in [0, 0.05) is 11.6 Å². The highest BCUT2D eigenvalue weighted by atomic mass is 16.5. The van der Waals surface area contributed by atoms with Crippen molar-refractivity contribution in [2.75, 3.05) is 6.61 Å². The van der Waals surface area contributed by atoms with E-state index in [1.165, 1.54) is 19.3 Å². The summed E-state index contributed by atoms with van der Waals surface area (Å²) in [5, 5.41) is 0. The van der Waals surface area contributed by atoms with Gasteiger partial charge in [-0.1, -0.05) is 19.6 Å². The summed E-state index contributed by atoms with van der Waals surface area (Å²) in [6.07, 6.45) is 7.01. The first-order valence-electron chi connectivity index (χ1n) is 6.66. The molecule has 0 atom stereocenters. The molecule has 0 aromatic carbocycles. The summed E-state index contributed by atoms with van der Waals surface area (Å²) >= 11 is 0. The van der Waals surface area contributed by atoms with Gasteiger partial charge in [0.1, 0.15) is 6.10 Å². The summed E-state index contributed by atoms with van der Waals surface area (Å²) in [6, 6.07) is 0. The summed E-state index contributed by atoms with van der Waals surface area (Å²) in [6.45, 7) is 10.6. The molecule has 0 spiro atoms. The summed E-state index contributed by atoms with van der Waals surface area (Å²) in [5.74, 6) is -0.593. The molecule has 19 heavy (non-hydrogen) atoms. The van der Waals surface area contributed by atoms with Crippen LogP contribution in [0.4, 0.5) is 0 Å². The molecule has 108 valence electrons. The van der Waals surface area contributed by atoms with Crippen LogP contribution in [-0.4, -0.2) is 24.6 Å². The third-order valence-electron chi connectivity index (χ3n) is 2.63. The summed E-state index contributed by atoms with van der Waals surface area (Å²) in [7, 11) is 0. The first kappa shape index (κ1) is 17.4. The zero-order valence-electron chi connectivity index (χ0n) is 11.9. The minimum absolute atomic E-state index is 0.156. The molecule has 0 saturated heterocycles. The Morgan fingerprint density at radius 3 is 2.21 bits per heavy atom. The summed E-state index contributed by atoms with van der Waals surface area (Å²) in [4.78, 5) is 21.2. The lowest BCUT2D eigenvalue weighted by Crippen LogP contribution is -2.20. The molecule has 0 unspecified atom stereocenters. The van der Waals surface area contributed by atoms with Gasteiger partial charge in [0.25, 0.3) is 0 Å². The van der Waals surface area contributed by atoms with Crippen molar-refractivity contribution in [2.45, 2.75) is 52.1 Å². The van der Waals surface area contributed by atoms with Crippen LogP contribution in [0.2, 0.25) is 0 Å². The predicted molar refractivity (Wildman–Crippen MR) is 74.6 cm³/mol. The van der Waals surface area contributed by atoms with Crippen molar-refractivity contribution in [3.8, 4) is 0 Å². The quantitative estimate of drug-likeness (QED) is 0.580. The number of hydrogen-bond donors (Lipinski definition) is 0. The van der Waals surface area contributed by atoms with E-state index < -0.39 is 0 Å². The van der Waals surface area contributed by atoms with Gasteiger partial charge < -0.3 is 9.47 Å². The zero-order chi connectivity index (χ0) is 14.7. The first-order chi connectivity index (χ1) is 9.01. The Bertz CT molecular complexity index is 314. The number of ether oxygens (including phenoxy) is 2. The molecule has 0 aromatic rings. The van der Waals surface area contributed by atoms with Crippen LogP contribution < -0.4 is 0 Å². The van der Waals surface area contributed by atoms with E-state index in [0.717, 1.165) is 18.9 Å². The third-order valence-corrected chi connectivity index (χ3v) is 2.63. The van der Waals surface area contributed by atoms with E-state index >= 15 is 0 Å². The van der Waals surface area contributed by atoms with E-state index in [1.54, 1.807) is 13.8 Å². The summed E-state index contributed by atoms with van der Waals surface area (Å²) < 4.78 is 9.65. The Balaban J connectivity index is 0.000000399. The van der Waals surface area contributed by atoms with Crippen LogP contribution in [-0.2, 0) is 19.1 Å². The fourth-order valence-corrected chi connectivity index (χ4v) is 1.64. The Kier molecular flexibility index (Phi) is 9.49. The number of hydrogen-bond acceptors (Lipinski definition) is 4. The van der Waals surface area contributed by atoms with Gasteiger partial charge in [-0.3, -0.25) is 0 Å². The standard InChI is InChI=1S/C10H16O2.C5H8O2/c1-8(2)10(11)12-9-6-4-3-5-7-9;1-3-5(6)7-4-2/h9H,1,3-7H2,2H3;3H,1,4H2,2H3. The Morgan fingerprint density at radius 1 is 1.26 bits per heavy atom. The first-order valence-corrected chi connectivity index (χ1v) is 6.66. The van der Waals surface area contributed by atoms with Gasteiger partial charge in [0.2, 0.25) is 0 Å². The van der Waals surface area contributed by atoms with Crippen molar-refractivity contribution in [1.82, 2.24) is 0 Å². The lowest BCUT2D eigenvalue weighted by Gasteiger charge is -2.21. The van der Waals surface area contributed by atoms with Gasteiger partial charge in [-0.2, -0.15) is 0 Å². The third kappa shape index (κ3) is 9.05. The topological polar surface area (TPSA) is 52.6 Å². The average molecular weight is 268 g/mol. The molecule has 0 radical (unpaired) electrons. The van der Waals surface area contributed by atoms with Gasteiger partial charge >= 0.3 is 11.9 Å². The van der Waals surface area contributed by atoms with Gasteiger partial charge in [-0.15, -0.1) is 0 Å². The van der Waals surface area contributed by atoms with Crippen LogP contribution in [0.3, 0.4) is 0 Å². The van der Waals surface area contributed by atoms with Gasteiger partial charge in [0.15, 0.2) is 0 Å². The normalized spacial score (nSPS) is 14.6. The van der Waals surface area contributed by atoms with Gasteiger partial charge in [0.05, 0.1) is 6.61 Å². The Labute approximate surface area is 115 Å². The van der Waals surface area contributed by atoms with E-state index in [4.69, 9.17) is 4.74 Å². The highest BCUT2D eigenvalue weighted by Gasteiger charge is 2.17. The molecule has 1 fully saturated rings. The lowest BCUT2D eigenvalue weighted by atomic mass is 9.98. The average Bonchev–Trinajstić information content (AvgIpc) is 2.40. The fraction of sp³-hybridized carbons (Fsp3) is 0.600. The molecular weight excluding hydrogens is 244 g/mol. The van der Waals surface area contributed by atoms with Crippen molar-refractivity contribution in [1.29, 1.82) is 0 Å². The van der Waals surface area contributed by atoms with Crippen molar-refractivity contribution in [3.63, 3.8) is 0 Å². The monoisotopic (exact) mass is 268 g/mol. The van der Waals surface area contributed by atoms with Crippen molar-refractivity contribution in [3.05, 3.63) is 24.8 Å². The van der Waals surface area contributed by atoms with Crippen LogP contribution >= 0.6 is 0 Å². The molecule has 1 aliphatic carbocycles. The molecule has 0 amide bonds. The minimum Gasteiger partial charge on any atom is -0.463 e. The maximum atomic E-state index is 11.1. The SMILES string of the molecule is C=C(C)C(=O)OC1CCCCC1.C=CC(=O)OCC. The Hall–Kier alpha value is -1.58. The van der Waals surface area contributed by atoms with Crippen LogP contribution in [0.1, 0.15) is 46.0 Å². The molecule has 1 aliphatic rings. The number of esters is 2. The molecule has 0 aliphatic heterocycles. The second kappa shape index (κ2) is 10.4. The largest absolute Gasteiger partial charge is 0.463 e. The molecule has 1 rings (SSSR count). The number of rotatable bonds is 4. The van der Waals surface area contributed by atoms with Crippen molar-refractivity contribution >= 4 is 11.9 Å². The predicted octanol–water partition coefficient (Wildman–Crippen LogP) is 3.17.